The molecule has 0 aliphatic carbocycles. The second-order valence-electron chi connectivity index (χ2n) is 6.76. The van der Waals surface area contributed by atoms with Crippen LogP contribution in [0.25, 0.3) is 0 Å². The van der Waals surface area contributed by atoms with Gasteiger partial charge in [-0.15, -0.1) is 0 Å². The second kappa shape index (κ2) is 10.1. The van der Waals surface area contributed by atoms with E-state index in [0.29, 0.717) is 5.56 Å². The van der Waals surface area contributed by atoms with Crippen LogP contribution in [0.4, 0.5) is 4.39 Å². The minimum atomic E-state index is -3.70. The first-order chi connectivity index (χ1) is 14.0. The Kier molecular flexibility index (Phi) is 8.07. The van der Waals surface area contributed by atoms with Crippen molar-refractivity contribution in [2.45, 2.75) is 24.3 Å². The van der Waals surface area contributed by atoms with Gasteiger partial charge in [0.15, 0.2) is 0 Å². The molecule has 164 valence electrons. The number of sulfonamides is 2. The molecule has 0 heterocycles. The maximum Gasteiger partial charge on any atom is 0.240 e. The average Bonchev–Trinajstić information content (AvgIpc) is 2.65. The highest BCUT2D eigenvalue weighted by atomic mass is 32.2. The van der Waals surface area contributed by atoms with Crippen molar-refractivity contribution in [3.63, 3.8) is 0 Å². The second-order valence-corrected chi connectivity index (χ2v) is 10.3. The van der Waals surface area contributed by atoms with Crippen LogP contribution in [-0.4, -0.2) is 42.1 Å². The van der Waals surface area contributed by atoms with Gasteiger partial charge < -0.3 is 5.32 Å². The first kappa shape index (κ1) is 23.9. The lowest BCUT2D eigenvalue weighted by molar-refractivity contribution is -0.121. The van der Waals surface area contributed by atoms with E-state index in [-0.39, 0.29) is 24.4 Å². The molecule has 2 rings (SSSR count). The third-order valence-electron chi connectivity index (χ3n) is 4.09. The van der Waals surface area contributed by atoms with E-state index in [1.165, 1.54) is 36.4 Å². The third-order valence-corrected chi connectivity index (χ3v) is 6.28. The maximum absolute atomic E-state index is 13.1. The van der Waals surface area contributed by atoms with Crippen LogP contribution < -0.4 is 14.8 Å². The Morgan fingerprint density at radius 1 is 0.967 bits per heavy atom. The minimum absolute atomic E-state index is 0.0128. The summed E-state index contributed by atoms with van der Waals surface area (Å²) in [5, 5.41) is 2.54. The van der Waals surface area contributed by atoms with Gasteiger partial charge in [0.25, 0.3) is 0 Å². The summed E-state index contributed by atoms with van der Waals surface area (Å²) in [6, 6.07) is 10.6. The molecule has 1 amide bonds. The van der Waals surface area contributed by atoms with Crippen molar-refractivity contribution in [2.24, 2.45) is 0 Å². The van der Waals surface area contributed by atoms with E-state index in [0.717, 1.165) is 11.8 Å². The Morgan fingerprint density at radius 2 is 1.57 bits per heavy atom. The predicted molar refractivity (Wildman–Crippen MR) is 111 cm³/mol. The summed E-state index contributed by atoms with van der Waals surface area (Å²) >= 11 is 0. The van der Waals surface area contributed by atoms with Gasteiger partial charge in [-0.25, -0.2) is 30.7 Å². The fourth-order valence-corrected chi connectivity index (χ4v) is 4.39. The number of rotatable bonds is 10. The summed E-state index contributed by atoms with van der Waals surface area (Å²) in [7, 11) is -7.32. The monoisotopic (exact) mass is 457 g/mol. The van der Waals surface area contributed by atoms with E-state index in [1.54, 1.807) is 12.1 Å². The van der Waals surface area contributed by atoms with Crippen molar-refractivity contribution >= 4 is 26.0 Å². The Labute approximate surface area is 176 Å². The standard InChI is InChI=1S/C19H24FN3O5S2/c1-14-3-9-17(10-4-14)30(27,28)22-12-11-21-19(24)13-18(23-29(2,25)26)15-5-7-16(20)8-6-15/h3-10,18,22-23H,11-13H2,1-2H3,(H,21,24)/t18-/m0/s1. The lowest BCUT2D eigenvalue weighted by atomic mass is 10.0. The van der Waals surface area contributed by atoms with Crippen LogP contribution in [0.1, 0.15) is 23.6 Å². The van der Waals surface area contributed by atoms with E-state index in [9.17, 15) is 26.0 Å². The van der Waals surface area contributed by atoms with Gasteiger partial charge in [0.05, 0.1) is 17.2 Å². The van der Waals surface area contributed by atoms with Gasteiger partial charge in [-0.3, -0.25) is 4.79 Å². The van der Waals surface area contributed by atoms with Crippen molar-refractivity contribution in [2.75, 3.05) is 19.3 Å². The normalized spacial score (nSPS) is 13.0. The lowest BCUT2D eigenvalue weighted by Crippen LogP contribution is -2.37. The van der Waals surface area contributed by atoms with Crippen molar-refractivity contribution in [1.29, 1.82) is 0 Å². The topological polar surface area (TPSA) is 121 Å². The highest BCUT2D eigenvalue weighted by Crippen LogP contribution is 2.18. The highest BCUT2D eigenvalue weighted by molar-refractivity contribution is 7.89. The molecule has 0 fully saturated rings. The molecule has 30 heavy (non-hydrogen) atoms. The van der Waals surface area contributed by atoms with Gasteiger partial charge in [0.2, 0.25) is 26.0 Å². The zero-order valence-electron chi connectivity index (χ0n) is 16.6. The molecule has 2 aromatic carbocycles. The summed E-state index contributed by atoms with van der Waals surface area (Å²) in [6.45, 7) is 1.82. The quantitative estimate of drug-likeness (QED) is 0.463. The number of nitrogens with one attached hydrogen (secondary N) is 3. The number of hydrogen-bond donors (Lipinski definition) is 3. The molecule has 0 radical (unpaired) electrons. The molecule has 0 bridgehead atoms. The smallest absolute Gasteiger partial charge is 0.240 e. The van der Waals surface area contributed by atoms with Gasteiger partial charge in [0, 0.05) is 19.5 Å². The first-order valence-corrected chi connectivity index (χ1v) is 12.4. The Morgan fingerprint density at radius 3 is 2.13 bits per heavy atom. The molecular formula is C19H24FN3O5S2. The molecule has 0 saturated carbocycles. The number of aryl methyl sites for hydroxylation is 1. The zero-order chi connectivity index (χ0) is 22.4. The maximum atomic E-state index is 13.1. The average molecular weight is 458 g/mol. The Hall–Kier alpha value is -2.34. The SMILES string of the molecule is Cc1ccc(S(=O)(=O)NCCNC(=O)C[C@H](NS(C)(=O)=O)c2ccc(F)cc2)cc1. The summed E-state index contributed by atoms with van der Waals surface area (Å²) < 4.78 is 65.4. The predicted octanol–water partition coefficient (Wildman–Crippen LogP) is 1.21. The van der Waals surface area contributed by atoms with Gasteiger partial charge in [-0.05, 0) is 36.8 Å². The van der Waals surface area contributed by atoms with Crippen molar-refractivity contribution in [3.8, 4) is 0 Å². The van der Waals surface area contributed by atoms with E-state index in [1.807, 2.05) is 6.92 Å². The molecule has 11 heteroatoms. The lowest BCUT2D eigenvalue weighted by Gasteiger charge is -2.18. The van der Waals surface area contributed by atoms with E-state index in [4.69, 9.17) is 0 Å². The molecular weight excluding hydrogens is 433 g/mol. The molecule has 1 atom stereocenters. The van der Waals surface area contributed by atoms with Gasteiger partial charge in [-0.1, -0.05) is 29.8 Å². The third kappa shape index (κ3) is 7.82. The van der Waals surface area contributed by atoms with Gasteiger partial charge in [0.1, 0.15) is 5.82 Å². The molecule has 8 nitrogen and oxygen atoms in total. The number of carbonyl (C=O) groups is 1. The minimum Gasteiger partial charge on any atom is -0.355 e. The van der Waals surface area contributed by atoms with Crippen LogP contribution in [0.15, 0.2) is 53.4 Å². The van der Waals surface area contributed by atoms with E-state index < -0.39 is 37.8 Å². The van der Waals surface area contributed by atoms with Gasteiger partial charge >= 0.3 is 0 Å². The van der Waals surface area contributed by atoms with Gasteiger partial charge in [-0.2, -0.15) is 0 Å². The first-order valence-electron chi connectivity index (χ1n) is 9.02. The van der Waals surface area contributed by atoms with Crippen molar-refractivity contribution in [1.82, 2.24) is 14.8 Å². The summed E-state index contributed by atoms with van der Waals surface area (Å²) in [6.07, 6.45) is 0.727. The highest BCUT2D eigenvalue weighted by Gasteiger charge is 2.20. The fourth-order valence-electron chi connectivity index (χ4n) is 2.63. The molecule has 2 aromatic rings. The van der Waals surface area contributed by atoms with Crippen LogP contribution in [-0.2, 0) is 24.8 Å². The molecule has 0 spiro atoms. The molecule has 3 N–H and O–H groups in total. The van der Waals surface area contributed by atoms with Crippen LogP contribution in [0.5, 0.6) is 0 Å². The fraction of sp³-hybridized carbons (Fsp3) is 0.316. The molecule has 0 aromatic heterocycles. The van der Waals surface area contributed by atoms with Crippen LogP contribution in [0.2, 0.25) is 0 Å². The summed E-state index contributed by atoms with van der Waals surface area (Å²) in [4.78, 5) is 12.3. The summed E-state index contributed by atoms with van der Waals surface area (Å²) in [5.41, 5.74) is 1.36. The zero-order valence-corrected chi connectivity index (χ0v) is 18.2. The number of amides is 1. The molecule has 0 aliphatic rings. The summed E-state index contributed by atoms with van der Waals surface area (Å²) in [5.74, 6) is -0.975. The molecule has 0 unspecified atom stereocenters. The molecule has 0 aliphatic heterocycles. The van der Waals surface area contributed by atoms with E-state index in [2.05, 4.69) is 14.8 Å². The van der Waals surface area contributed by atoms with E-state index >= 15 is 0 Å². The Balaban J connectivity index is 1.90. The van der Waals surface area contributed by atoms with Crippen molar-refractivity contribution < 1.29 is 26.0 Å². The van der Waals surface area contributed by atoms with Crippen molar-refractivity contribution in [3.05, 3.63) is 65.5 Å². The molecule has 0 saturated heterocycles. The Bertz CT molecular complexity index is 1070. The van der Waals surface area contributed by atoms with Crippen LogP contribution in [0, 0.1) is 12.7 Å². The number of benzene rings is 2. The number of carbonyl (C=O) groups excluding carboxylic acids is 1. The van der Waals surface area contributed by atoms with Crippen LogP contribution in [0.3, 0.4) is 0 Å². The largest absolute Gasteiger partial charge is 0.355 e. The van der Waals surface area contributed by atoms with Crippen LogP contribution >= 0.6 is 0 Å². The number of halogens is 1. The number of hydrogen-bond acceptors (Lipinski definition) is 5.